The van der Waals surface area contributed by atoms with E-state index in [1.165, 1.54) is 0 Å². The molecular formula is C21H28ClN3O2. The van der Waals surface area contributed by atoms with Gasteiger partial charge < -0.3 is 16.4 Å². The summed E-state index contributed by atoms with van der Waals surface area (Å²) in [5, 5.41) is 5.87. The Morgan fingerprint density at radius 2 is 1.67 bits per heavy atom. The Hall–Kier alpha value is -2.37. The fourth-order valence-electron chi connectivity index (χ4n) is 2.64. The van der Waals surface area contributed by atoms with Crippen LogP contribution in [-0.2, 0) is 4.79 Å². The van der Waals surface area contributed by atoms with Crippen LogP contribution < -0.4 is 16.4 Å². The van der Waals surface area contributed by atoms with Gasteiger partial charge in [-0.2, -0.15) is 0 Å². The highest BCUT2D eigenvalue weighted by Crippen LogP contribution is 2.17. The third-order valence-electron chi connectivity index (χ3n) is 4.16. The van der Waals surface area contributed by atoms with Gasteiger partial charge in [-0.1, -0.05) is 48.0 Å². The molecule has 1 unspecified atom stereocenters. The maximum atomic E-state index is 12.6. The number of amides is 2. The van der Waals surface area contributed by atoms with Crippen molar-refractivity contribution in [1.29, 1.82) is 0 Å². The number of nitrogens with two attached hydrogens (primary N) is 1. The Morgan fingerprint density at radius 3 is 2.30 bits per heavy atom. The first kappa shape index (κ1) is 22.7. The summed E-state index contributed by atoms with van der Waals surface area (Å²) in [5.74, 6) is -0.269. The number of carbonyl (C=O) groups excluding carboxylic acids is 2. The second-order valence-corrected chi connectivity index (χ2v) is 6.35. The standard InChI is InChI=1S/C21H27N3O2.ClH/c1-16-9-11-18(12-10-16)21(26)24-19(17-7-3-2-4-8-17)15-20(25)23-14-6-5-13-22;/h2-4,7-12,19H,5-6,13-15,22H2,1H3,(H,23,25)(H,24,26);1H. The Kier molecular flexibility index (Phi) is 10.2. The number of unbranched alkanes of at least 4 members (excludes halogenated alkanes) is 1. The van der Waals surface area contributed by atoms with Crippen molar-refractivity contribution in [2.45, 2.75) is 32.2 Å². The van der Waals surface area contributed by atoms with Gasteiger partial charge in [-0.3, -0.25) is 9.59 Å². The quantitative estimate of drug-likeness (QED) is 0.576. The molecule has 0 saturated heterocycles. The summed E-state index contributed by atoms with van der Waals surface area (Å²) in [6.07, 6.45) is 1.94. The van der Waals surface area contributed by atoms with Gasteiger partial charge in [-0.15, -0.1) is 12.4 Å². The van der Waals surface area contributed by atoms with Crippen molar-refractivity contribution in [2.75, 3.05) is 13.1 Å². The second-order valence-electron chi connectivity index (χ2n) is 6.35. The van der Waals surface area contributed by atoms with Crippen LogP contribution in [0.25, 0.3) is 0 Å². The van der Waals surface area contributed by atoms with Gasteiger partial charge >= 0.3 is 0 Å². The molecule has 0 spiro atoms. The molecule has 27 heavy (non-hydrogen) atoms. The van der Waals surface area contributed by atoms with Crippen molar-refractivity contribution in [3.05, 3.63) is 71.3 Å². The third-order valence-corrected chi connectivity index (χ3v) is 4.16. The molecule has 2 rings (SSSR count). The van der Waals surface area contributed by atoms with Crippen LogP contribution in [0.1, 0.15) is 46.8 Å². The van der Waals surface area contributed by atoms with Crippen LogP contribution in [0.15, 0.2) is 54.6 Å². The van der Waals surface area contributed by atoms with Gasteiger partial charge in [0.15, 0.2) is 0 Å². The number of hydrogen-bond acceptors (Lipinski definition) is 3. The highest BCUT2D eigenvalue weighted by molar-refractivity contribution is 5.94. The minimum Gasteiger partial charge on any atom is -0.356 e. The van der Waals surface area contributed by atoms with E-state index < -0.39 is 0 Å². The van der Waals surface area contributed by atoms with Gasteiger partial charge in [0.05, 0.1) is 12.5 Å². The summed E-state index contributed by atoms with van der Waals surface area (Å²) in [6, 6.07) is 16.6. The van der Waals surface area contributed by atoms with E-state index in [0.717, 1.165) is 24.0 Å². The molecule has 4 N–H and O–H groups in total. The van der Waals surface area contributed by atoms with E-state index in [9.17, 15) is 9.59 Å². The van der Waals surface area contributed by atoms with E-state index in [-0.39, 0.29) is 36.7 Å². The van der Waals surface area contributed by atoms with Crippen LogP contribution in [0.3, 0.4) is 0 Å². The van der Waals surface area contributed by atoms with Gasteiger partial charge in [0.2, 0.25) is 5.91 Å². The predicted molar refractivity (Wildman–Crippen MR) is 111 cm³/mol. The van der Waals surface area contributed by atoms with Gasteiger partial charge in [0.25, 0.3) is 5.91 Å². The molecule has 0 heterocycles. The SMILES string of the molecule is Cc1ccc(C(=O)NC(CC(=O)NCCCCN)c2ccccc2)cc1.Cl. The maximum Gasteiger partial charge on any atom is 0.251 e. The molecule has 146 valence electrons. The Balaban J connectivity index is 0.00000364. The summed E-state index contributed by atoms with van der Waals surface area (Å²) in [4.78, 5) is 24.8. The molecule has 6 heteroatoms. The zero-order valence-electron chi connectivity index (χ0n) is 15.6. The number of carbonyl (C=O) groups is 2. The molecule has 5 nitrogen and oxygen atoms in total. The van der Waals surface area contributed by atoms with E-state index in [2.05, 4.69) is 10.6 Å². The average Bonchev–Trinajstić information content (AvgIpc) is 2.66. The van der Waals surface area contributed by atoms with Crippen LogP contribution in [-0.4, -0.2) is 24.9 Å². The number of aryl methyl sites for hydroxylation is 1. The monoisotopic (exact) mass is 389 g/mol. The summed E-state index contributed by atoms with van der Waals surface area (Å²) in [5.41, 5.74) is 8.05. The highest BCUT2D eigenvalue weighted by atomic mass is 35.5. The number of halogens is 1. The lowest BCUT2D eigenvalue weighted by Gasteiger charge is -2.19. The van der Waals surface area contributed by atoms with Crippen LogP contribution in [0.5, 0.6) is 0 Å². The number of rotatable bonds is 9. The largest absolute Gasteiger partial charge is 0.356 e. The summed E-state index contributed by atoms with van der Waals surface area (Å²) >= 11 is 0. The van der Waals surface area contributed by atoms with Crippen molar-refractivity contribution < 1.29 is 9.59 Å². The smallest absolute Gasteiger partial charge is 0.251 e. The normalized spacial score (nSPS) is 11.2. The molecule has 1 atom stereocenters. The van der Waals surface area contributed by atoms with Crippen molar-refractivity contribution >= 4 is 24.2 Å². The second kappa shape index (κ2) is 12.1. The molecule has 0 aromatic heterocycles. The molecule has 0 bridgehead atoms. The third kappa shape index (κ3) is 7.81. The molecular weight excluding hydrogens is 362 g/mol. The topological polar surface area (TPSA) is 84.2 Å². The van der Waals surface area contributed by atoms with Gasteiger partial charge in [-0.25, -0.2) is 0 Å². The Morgan fingerprint density at radius 1 is 1.00 bits per heavy atom. The lowest BCUT2D eigenvalue weighted by Crippen LogP contribution is -2.34. The van der Waals surface area contributed by atoms with Crippen molar-refractivity contribution in [1.82, 2.24) is 10.6 Å². The van der Waals surface area contributed by atoms with Gasteiger partial charge in [0, 0.05) is 12.1 Å². The number of benzene rings is 2. The number of nitrogens with one attached hydrogen (secondary N) is 2. The van der Waals surface area contributed by atoms with Crippen molar-refractivity contribution in [3.8, 4) is 0 Å². The first-order chi connectivity index (χ1) is 12.6. The van der Waals surface area contributed by atoms with Crippen molar-refractivity contribution in [3.63, 3.8) is 0 Å². The van der Waals surface area contributed by atoms with E-state index in [1.54, 1.807) is 12.1 Å². The van der Waals surface area contributed by atoms with Crippen LogP contribution in [0, 0.1) is 6.92 Å². The number of hydrogen-bond donors (Lipinski definition) is 3. The summed E-state index contributed by atoms with van der Waals surface area (Å²) in [6.45, 7) is 3.20. The summed E-state index contributed by atoms with van der Waals surface area (Å²) < 4.78 is 0. The molecule has 0 aliphatic rings. The highest BCUT2D eigenvalue weighted by Gasteiger charge is 2.19. The molecule has 0 saturated carbocycles. The maximum absolute atomic E-state index is 12.6. The van der Waals surface area contributed by atoms with Gasteiger partial charge in [0.1, 0.15) is 0 Å². The van der Waals surface area contributed by atoms with Crippen molar-refractivity contribution in [2.24, 2.45) is 5.73 Å². The average molecular weight is 390 g/mol. The molecule has 2 aromatic carbocycles. The van der Waals surface area contributed by atoms with Crippen LogP contribution in [0.4, 0.5) is 0 Å². The van der Waals surface area contributed by atoms with E-state index in [0.29, 0.717) is 18.7 Å². The molecule has 0 radical (unpaired) electrons. The lowest BCUT2D eigenvalue weighted by atomic mass is 10.0. The molecule has 2 aromatic rings. The fraction of sp³-hybridized carbons (Fsp3) is 0.333. The zero-order valence-corrected chi connectivity index (χ0v) is 16.4. The minimum absolute atomic E-state index is 0. The van der Waals surface area contributed by atoms with E-state index >= 15 is 0 Å². The van der Waals surface area contributed by atoms with Crippen LogP contribution >= 0.6 is 12.4 Å². The van der Waals surface area contributed by atoms with Gasteiger partial charge in [-0.05, 0) is 44.0 Å². The predicted octanol–water partition coefficient (Wildman–Crippen LogP) is 3.13. The fourth-order valence-corrected chi connectivity index (χ4v) is 2.64. The lowest BCUT2D eigenvalue weighted by molar-refractivity contribution is -0.121. The Labute approximate surface area is 167 Å². The molecule has 0 aliphatic heterocycles. The molecule has 0 fully saturated rings. The molecule has 0 aliphatic carbocycles. The summed E-state index contributed by atoms with van der Waals surface area (Å²) in [7, 11) is 0. The zero-order chi connectivity index (χ0) is 18.8. The minimum atomic E-state index is -0.375. The van der Waals surface area contributed by atoms with Crippen LogP contribution in [0.2, 0.25) is 0 Å². The van der Waals surface area contributed by atoms with E-state index in [4.69, 9.17) is 5.73 Å². The molecule has 2 amide bonds. The first-order valence-electron chi connectivity index (χ1n) is 8.99. The Bertz CT molecular complexity index is 705. The van der Waals surface area contributed by atoms with E-state index in [1.807, 2.05) is 49.4 Å². The first-order valence-corrected chi connectivity index (χ1v) is 8.99.